The summed E-state index contributed by atoms with van der Waals surface area (Å²) >= 11 is 0. The molecule has 104 valence electrons. The molecule has 0 aromatic heterocycles. The van der Waals surface area contributed by atoms with Crippen LogP contribution in [0.4, 0.5) is 0 Å². The summed E-state index contributed by atoms with van der Waals surface area (Å²) in [7, 11) is 0. The summed E-state index contributed by atoms with van der Waals surface area (Å²) in [5.41, 5.74) is 2.41. The number of benzene rings is 1. The van der Waals surface area contributed by atoms with E-state index < -0.39 is 0 Å². The molecular weight excluding hydrogens is 242 g/mol. The third-order valence-electron chi connectivity index (χ3n) is 3.20. The zero-order chi connectivity index (χ0) is 13.7. The highest BCUT2D eigenvalue weighted by molar-refractivity contribution is 5.75. The predicted octanol–water partition coefficient (Wildman–Crippen LogP) is 2.23. The van der Waals surface area contributed by atoms with Crippen molar-refractivity contribution in [2.45, 2.75) is 33.2 Å². The highest BCUT2D eigenvalue weighted by Crippen LogP contribution is 2.32. The molecule has 2 rings (SSSR count). The highest BCUT2D eigenvalue weighted by atomic mass is 16.6. The van der Waals surface area contributed by atoms with E-state index in [1.54, 1.807) is 6.92 Å². The van der Waals surface area contributed by atoms with Crippen molar-refractivity contribution in [3.05, 3.63) is 23.3 Å². The van der Waals surface area contributed by atoms with E-state index in [2.05, 4.69) is 12.2 Å². The van der Waals surface area contributed by atoms with Crippen molar-refractivity contribution in [2.75, 3.05) is 19.8 Å². The van der Waals surface area contributed by atoms with Gasteiger partial charge in [0.2, 0.25) is 0 Å². The van der Waals surface area contributed by atoms with Crippen molar-refractivity contribution in [3.63, 3.8) is 0 Å². The molecule has 0 aliphatic carbocycles. The van der Waals surface area contributed by atoms with E-state index in [9.17, 15) is 4.79 Å². The molecule has 0 radical (unpaired) electrons. The number of carbonyl (C=O) groups excluding carboxylic acids is 1. The molecule has 0 saturated carbocycles. The molecule has 4 nitrogen and oxygen atoms in total. The molecule has 0 bridgehead atoms. The third-order valence-corrected chi connectivity index (χ3v) is 3.20. The van der Waals surface area contributed by atoms with Gasteiger partial charge in [-0.1, -0.05) is 0 Å². The van der Waals surface area contributed by atoms with Gasteiger partial charge < -0.3 is 19.6 Å². The lowest BCUT2D eigenvalue weighted by atomic mass is 10.1. The Kier molecular flexibility index (Phi) is 4.80. The van der Waals surface area contributed by atoms with Crippen molar-refractivity contribution in [1.29, 1.82) is 0 Å². The van der Waals surface area contributed by atoms with Crippen molar-refractivity contribution >= 4 is 5.78 Å². The lowest BCUT2D eigenvalue weighted by molar-refractivity contribution is -0.117. The van der Waals surface area contributed by atoms with Crippen molar-refractivity contribution in [3.8, 4) is 11.5 Å². The Balaban J connectivity index is 1.88. The van der Waals surface area contributed by atoms with Crippen molar-refractivity contribution in [2.24, 2.45) is 0 Å². The van der Waals surface area contributed by atoms with Crippen LogP contribution in [0.15, 0.2) is 12.1 Å². The Morgan fingerprint density at radius 3 is 2.63 bits per heavy atom. The number of ketones is 1. The molecule has 0 unspecified atom stereocenters. The number of nitrogens with one attached hydrogen (secondary N) is 1. The van der Waals surface area contributed by atoms with Gasteiger partial charge in [-0.15, -0.1) is 0 Å². The minimum Gasteiger partial charge on any atom is -0.486 e. The van der Waals surface area contributed by atoms with E-state index in [0.717, 1.165) is 31.0 Å². The molecule has 19 heavy (non-hydrogen) atoms. The Morgan fingerprint density at radius 1 is 1.26 bits per heavy atom. The van der Waals surface area contributed by atoms with Gasteiger partial charge in [-0.2, -0.15) is 0 Å². The van der Waals surface area contributed by atoms with E-state index in [1.807, 2.05) is 12.1 Å². The smallest absolute Gasteiger partial charge is 0.161 e. The molecule has 1 heterocycles. The summed E-state index contributed by atoms with van der Waals surface area (Å²) in [6.07, 6.45) is 1.53. The van der Waals surface area contributed by atoms with E-state index in [1.165, 1.54) is 11.1 Å². The van der Waals surface area contributed by atoms with Gasteiger partial charge in [-0.05, 0) is 50.1 Å². The van der Waals surface area contributed by atoms with Gasteiger partial charge in [0.05, 0.1) is 0 Å². The maximum Gasteiger partial charge on any atom is 0.161 e. The van der Waals surface area contributed by atoms with Crippen LogP contribution in [0.25, 0.3) is 0 Å². The van der Waals surface area contributed by atoms with Crippen LogP contribution in [-0.4, -0.2) is 25.5 Å². The lowest BCUT2D eigenvalue weighted by Gasteiger charge is -2.20. The van der Waals surface area contributed by atoms with Crippen LogP contribution < -0.4 is 14.8 Å². The first kappa shape index (κ1) is 13.9. The maximum absolute atomic E-state index is 10.8. The second-order valence-electron chi connectivity index (χ2n) is 4.90. The first-order valence-electron chi connectivity index (χ1n) is 6.76. The highest BCUT2D eigenvalue weighted by Gasteiger charge is 2.13. The van der Waals surface area contributed by atoms with Crippen LogP contribution in [0, 0.1) is 6.92 Å². The molecule has 1 aliphatic heterocycles. The second kappa shape index (κ2) is 6.57. The topological polar surface area (TPSA) is 47.6 Å². The summed E-state index contributed by atoms with van der Waals surface area (Å²) in [6, 6.07) is 4.07. The first-order chi connectivity index (χ1) is 9.16. The first-order valence-corrected chi connectivity index (χ1v) is 6.76. The van der Waals surface area contributed by atoms with Gasteiger partial charge in [0.25, 0.3) is 0 Å². The number of Topliss-reactive ketones (excluding diaryl/α,β-unsaturated/α-hetero) is 1. The molecule has 1 aromatic carbocycles. The van der Waals surface area contributed by atoms with Crippen LogP contribution >= 0.6 is 0 Å². The summed E-state index contributed by atoms with van der Waals surface area (Å²) < 4.78 is 11.1. The summed E-state index contributed by atoms with van der Waals surface area (Å²) in [5, 5.41) is 3.36. The number of fused-ring (bicyclic) bond motifs is 1. The van der Waals surface area contributed by atoms with E-state index in [-0.39, 0.29) is 5.78 Å². The third kappa shape index (κ3) is 3.96. The van der Waals surface area contributed by atoms with Gasteiger partial charge in [0.1, 0.15) is 19.0 Å². The Bertz CT molecular complexity index is 457. The fraction of sp³-hybridized carbons (Fsp3) is 0.533. The van der Waals surface area contributed by atoms with Gasteiger partial charge in [0, 0.05) is 13.0 Å². The maximum atomic E-state index is 10.8. The lowest BCUT2D eigenvalue weighted by Crippen LogP contribution is -2.18. The largest absolute Gasteiger partial charge is 0.486 e. The fourth-order valence-electron chi connectivity index (χ4n) is 2.11. The van der Waals surface area contributed by atoms with Crippen molar-refractivity contribution in [1.82, 2.24) is 5.32 Å². The quantitative estimate of drug-likeness (QED) is 0.800. The summed E-state index contributed by atoms with van der Waals surface area (Å²) in [4.78, 5) is 10.8. The van der Waals surface area contributed by atoms with Crippen LogP contribution in [0.5, 0.6) is 11.5 Å². The normalized spacial score (nSPS) is 13.4. The predicted molar refractivity (Wildman–Crippen MR) is 73.8 cm³/mol. The summed E-state index contributed by atoms with van der Waals surface area (Å²) in [6.45, 7) is 6.58. The molecule has 1 N–H and O–H groups in total. The SMILES string of the molecule is CC(=O)CCCNCc1cc2c(cc1C)OCCO2. The average Bonchev–Trinajstić information content (AvgIpc) is 2.38. The van der Waals surface area contributed by atoms with E-state index >= 15 is 0 Å². The summed E-state index contributed by atoms with van der Waals surface area (Å²) in [5.74, 6) is 1.92. The Labute approximate surface area is 114 Å². The molecule has 0 spiro atoms. The number of hydrogen-bond donors (Lipinski definition) is 1. The van der Waals surface area contributed by atoms with Gasteiger partial charge in [-0.25, -0.2) is 0 Å². The van der Waals surface area contributed by atoms with E-state index in [4.69, 9.17) is 9.47 Å². The molecule has 0 amide bonds. The van der Waals surface area contributed by atoms with Crippen LogP contribution in [0.3, 0.4) is 0 Å². The number of rotatable bonds is 6. The molecule has 4 heteroatoms. The Morgan fingerprint density at radius 2 is 1.95 bits per heavy atom. The zero-order valence-corrected chi connectivity index (χ0v) is 11.6. The minimum atomic E-state index is 0.248. The van der Waals surface area contributed by atoms with Gasteiger partial charge >= 0.3 is 0 Å². The fourth-order valence-corrected chi connectivity index (χ4v) is 2.11. The molecular formula is C15H21NO3. The molecule has 0 saturated heterocycles. The van der Waals surface area contributed by atoms with Crippen LogP contribution in [-0.2, 0) is 11.3 Å². The van der Waals surface area contributed by atoms with Gasteiger partial charge in [0.15, 0.2) is 11.5 Å². The molecule has 1 aromatic rings. The number of aryl methyl sites for hydroxylation is 1. The number of ether oxygens (including phenoxy) is 2. The van der Waals surface area contributed by atoms with E-state index in [0.29, 0.717) is 19.6 Å². The number of hydrogen-bond acceptors (Lipinski definition) is 4. The van der Waals surface area contributed by atoms with Crippen LogP contribution in [0.1, 0.15) is 30.9 Å². The van der Waals surface area contributed by atoms with Gasteiger partial charge in [-0.3, -0.25) is 0 Å². The standard InChI is InChI=1S/C15H21NO3/c1-11-8-14-15(19-7-6-18-14)9-13(11)10-16-5-3-4-12(2)17/h8-9,16H,3-7,10H2,1-2H3. The molecule has 0 fully saturated rings. The van der Waals surface area contributed by atoms with Crippen molar-refractivity contribution < 1.29 is 14.3 Å². The monoisotopic (exact) mass is 263 g/mol. The minimum absolute atomic E-state index is 0.248. The van der Waals surface area contributed by atoms with Crippen LogP contribution in [0.2, 0.25) is 0 Å². The Hall–Kier alpha value is -1.55. The average molecular weight is 263 g/mol. The molecule has 0 atom stereocenters. The molecule has 1 aliphatic rings. The number of carbonyl (C=O) groups is 1. The zero-order valence-electron chi connectivity index (χ0n) is 11.6. The second-order valence-corrected chi connectivity index (χ2v) is 4.90.